The molecule has 3 aromatic rings. The van der Waals surface area contributed by atoms with Crippen LogP contribution in [0.25, 0.3) is 10.2 Å². The largest absolute Gasteiger partial charge is 0.326 e. The van der Waals surface area contributed by atoms with Crippen LogP contribution < -0.4 is 10.2 Å². The zero-order valence-corrected chi connectivity index (χ0v) is 20.0. The van der Waals surface area contributed by atoms with Crippen LogP contribution in [0, 0.1) is 12.8 Å². The quantitative estimate of drug-likeness (QED) is 0.607. The van der Waals surface area contributed by atoms with Crippen LogP contribution in [0.4, 0.5) is 5.69 Å². The number of aromatic nitrogens is 1. The minimum Gasteiger partial charge on any atom is -0.326 e. The van der Waals surface area contributed by atoms with Crippen LogP contribution in [0.5, 0.6) is 0 Å². The first kappa shape index (κ1) is 22.7. The topological polar surface area (TPSA) is 88.5 Å². The first-order valence-corrected chi connectivity index (χ1v) is 13.0. The summed E-state index contributed by atoms with van der Waals surface area (Å²) in [4.78, 5) is 25.0. The zero-order chi connectivity index (χ0) is 23.0. The number of anilines is 1. The molecule has 1 saturated heterocycles. The number of nitrogens with one attached hydrogen (secondary N) is 1. The molecule has 1 amide bonds. The summed E-state index contributed by atoms with van der Waals surface area (Å²) in [6.07, 6.45) is 0.937. The van der Waals surface area contributed by atoms with Gasteiger partial charge in [-0.2, -0.15) is 4.31 Å². The van der Waals surface area contributed by atoms with Gasteiger partial charge in [0.05, 0.1) is 15.1 Å². The van der Waals surface area contributed by atoms with Crippen molar-refractivity contribution in [2.45, 2.75) is 44.6 Å². The van der Waals surface area contributed by atoms with E-state index in [1.165, 1.54) is 4.31 Å². The molecule has 1 fully saturated rings. The van der Waals surface area contributed by atoms with E-state index < -0.39 is 10.0 Å². The summed E-state index contributed by atoms with van der Waals surface area (Å²) in [5.41, 5.74) is 2.57. The average Bonchev–Trinajstić information content (AvgIpc) is 3.09. The van der Waals surface area contributed by atoms with Crippen molar-refractivity contribution < 1.29 is 13.2 Å². The molecule has 0 spiro atoms. The minimum atomic E-state index is -3.69. The Morgan fingerprint density at radius 3 is 2.50 bits per heavy atom. The number of thiazole rings is 1. The molecule has 32 heavy (non-hydrogen) atoms. The standard InChI is InChI=1S/C23H27N3O4S2/c1-15(2)26-20-8-7-19(14-21(20)31-23(26)28)32(29,30)25-11-9-17(10-12-25)22(27)24-18-6-4-5-16(3)13-18/h4-8,13-15,17H,9-12H2,1-3H3,(H,24,27). The highest BCUT2D eigenvalue weighted by Gasteiger charge is 2.32. The fraction of sp³-hybridized carbons (Fsp3) is 0.391. The Hall–Kier alpha value is -2.49. The van der Waals surface area contributed by atoms with Crippen LogP contribution in [0.3, 0.4) is 0 Å². The van der Waals surface area contributed by atoms with Crippen molar-refractivity contribution in [2.24, 2.45) is 5.92 Å². The van der Waals surface area contributed by atoms with Crippen LogP contribution in [-0.4, -0.2) is 36.3 Å². The maximum absolute atomic E-state index is 13.2. The highest BCUT2D eigenvalue weighted by Crippen LogP contribution is 2.28. The molecule has 4 rings (SSSR count). The van der Waals surface area contributed by atoms with Gasteiger partial charge < -0.3 is 5.32 Å². The second kappa shape index (κ2) is 8.80. The maximum atomic E-state index is 13.2. The fourth-order valence-electron chi connectivity index (χ4n) is 4.14. The van der Waals surface area contributed by atoms with E-state index in [4.69, 9.17) is 0 Å². The van der Waals surface area contributed by atoms with Crippen LogP contribution in [0.2, 0.25) is 0 Å². The Morgan fingerprint density at radius 2 is 1.84 bits per heavy atom. The van der Waals surface area contributed by atoms with E-state index in [2.05, 4.69) is 5.32 Å². The van der Waals surface area contributed by atoms with Gasteiger partial charge in [0.2, 0.25) is 15.9 Å². The van der Waals surface area contributed by atoms with Gasteiger partial charge in [-0.1, -0.05) is 23.5 Å². The third-order valence-corrected chi connectivity index (χ3v) is 8.66. The molecule has 1 aliphatic rings. The van der Waals surface area contributed by atoms with Gasteiger partial charge in [0.25, 0.3) is 0 Å². The summed E-state index contributed by atoms with van der Waals surface area (Å²) in [6, 6.07) is 12.5. The first-order valence-electron chi connectivity index (χ1n) is 10.7. The molecule has 0 aliphatic carbocycles. The zero-order valence-electron chi connectivity index (χ0n) is 18.4. The smallest absolute Gasteiger partial charge is 0.308 e. The summed E-state index contributed by atoms with van der Waals surface area (Å²) in [6.45, 7) is 6.40. The number of hydrogen-bond donors (Lipinski definition) is 1. The van der Waals surface area contributed by atoms with E-state index in [1.807, 2.05) is 45.0 Å². The molecule has 0 bridgehead atoms. The molecular formula is C23H27N3O4S2. The van der Waals surface area contributed by atoms with E-state index >= 15 is 0 Å². The number of fused-ring (bicyclic) bond motifs is 1. The van der Waals surface area contributed by atoms with Crippen LogP contribution >= 0.6 is 11.3 Å². The van der Waals surface area contributed by atoms with Crippen molar-refractivity contribution >= 4 is 43.2 Å². The lowest BCUT2D eigenvalue weighted by molar-refractivity contribution is -0.120. The Balaban J connectivity index is 1.47. The number of rotatable bonds is 5. The van der Waals surface area contributed by atoms with Crippen molar-refractivity contribution in [3.05, 3.63) is 57.7 Å². The number of carbonyl (C=O) groups is 1. The van der Waals surface area contributed by atoms with Crippen LogP contribution in [-0.2, 0) is 14.8 Å². The second-order valence-corrected chi connectivity index (χ2v) is 11.4. The van der Waals surface area contributed by atoms with Crippen molar-refractivity contribution in [1.82, 2.24) is 8.87 Å². The Bertz CT molecular complexity index is 1320. The Morgan fingerprint density at radius 1 is 1.12 bits per heavy atom. The van der Waals surface area contributed by atoms with Crippen molar-refractivity contribution in [2.75, 3.05) is 18.4 Å². The van der Waals surface area contributed by atoms with E-state index in [0.29, 0.717) is 17.5 Å². The van der Waals surface area contributed by atoms with E-state index in [9.17, 15) is 18.0 Å². The molecule has 0 saturated carbocycles. The molecule has 0 radical (unpaired) electrons. The molecule has 1 N–H and O–H groups in total. The minimum absolute atomic E-state index is 0.00341. The summed E-state index contributed by atoms with van der Waals surface area (Å²) < 4.78 is 30.2. The third kappa shape index (κ3) is 4.37. The fourth-order valence-corrected chi connectivity index (χ4v) is 6.76. The van der Waals surface area contributed by atoms with E-state index in [-0.39, 0.29) is 40.7 Å². The summed E-state index contributed by atoms with van der Waals surface area (Å²) in [5.74, 6) is -0.302. The van der Waals surface area contributed by atoms with Gasteiger partial charge in [0.1, 0.15) is 0 Å². The number of nitrogens with zero attached hydrogens (tertiary/aromatic N) is 2. The van der Waals surface area contributed by atoms with Crippen molar-refractivity contribution in [1.29, 1.82) is 0 Å². The van der Waals surface area contributed by atoms with Crippen molar-refractivity contribution in [3.63, 3.8) is 0 Å². The average molecular weight is 474 g/mol. The van der Waals surface area contributed by atoms with Gasteiger partial charge in [-0.15, -0.1) is 0 Å². The van der Waals surface area contributed by atoms with Gasteiger partial charge in [0.15, 0.2) is 0 Å². The SMILES string of the molecule is Cc1cccc(NC(=O)C2CCN(S(=O)(=O)c3ccc4c(c3)sc(=O)n4C(C)C)CC2)c1. The molecule has 9 heteroatoms. The van der Waals surface area contributed by atoms with Gasteiger partial charge in [0, 0.05) is 30.7 Å². The van der Waals surface area contributed by atoms with Gasteiger partial charge in [-0.05, 0) is 69.5 Å². The van der Waals surface area contributed by atoms with Gasteiger partial charge >= 0.3 is 4.87 Å². The molecule has 2 heterocycles. The van der Waals surface area contributed by atoms with E-state index in [1.54, 1.807) is 22.8 Å². The molecule has 7 nitrogen and oxygen atoms in total. The first-order chi connectivity index (χ1) is 15.2. The predicted octanol–water partition coefficient (Wildman–Crippen LogP) is 3.99. The molecule has 1 aromatic heterocycles. The lowest BCUT2D eigenvalue weighted by Crippen LogP contribution is -2.41. The van der Waals surface area contributed by atoms with Gasteiger partial charge in [-0.3, -0.25) is 14.2 Å². The summed E-state index contributed by atoms with van der Waals surface area (Å²) >= 11 is 1.06. The normalized spacial score (nSPS) is 16.0. The number of amides is 1. The lowest BCUT2D eigenvalue weighted by atomic mass is 9.97. The number of hydrogen-bond acceptors (Lipinski definition) is 5. The molecule has 2 aromatic carbocycles. The van der Waals surface area contributed by atoms with E-state index in [0.717, 1.165) is 28.1 Å². The summed E-state index contributed by atoms with van der Waals surface area (Å²) in [7, 11) is -3.69. The highest BCUT2D eigenvalue weighted by molar-refractivity contribution is 7.89. The van der Waals surface area contributed by atoms with Crippen molar-refractivity contribution in [3.8, 4) is 0 Å². The Labute approximate surface area is 191 Å². The molecular weight excluding hydrogens is 446 g/mol. The molecule has 0 atom stereocenters. The molecule has 170 valence electrons. The number of piperidine rings is 1. The second-order valence-electron chi connectivity index (χ2n) is 8.50. The van der Waals surface area contributed by atoms with Crippen LogP contribution in [0.1, 0.15) is 38.3 Å². The monoisotopic (exact) mass is 473 g/mol. The summed E-state index contributed by atoms with van der Waals surface area (Å²) in [5, 5.41) is 2.94. The molecule has 0 unspecified atom stereocenters. The maximum Gasteiger partial charge on any atom is 0.308 e. The van der Waals surface area contributed by atoms with Gasteiger partial charge in [-0.25, -0.2) is 8.42 Å². The third-order valence-electron chi connectivity index (χ3n) is 5.85. The molecule has 1 aliphatic heterocycles. The van der Waals surface area contributed by atoms with Crippen LogP contribution in [0.15, 0.2) is 52.2 Å². The number of carbonyl (C=O) groups excluding carboxylic acids is 1. The lowest BCUT2D eigenvalue weighted by Gasteiger charge is -2.30. The number of aryl methyl sites for hydroxylation is 1. The Kier molecular flexibility index (Phi) is 6.24. The number of sulfonamides is 1. The predicted molar refractivity (Wildman–Crippen MR) is 128 cm³/mol. The number of benzene rings is 2. The highest BCUT2D eigenvalue weighted by atomic mass is 32.2.